The van der Waals surface area contributed by atoms with Gasteiger partial charge in [-0.15, -0.1) is 0 Å². The van der Waals surface area contributed by atoms with Gasteiger partial charge in [0.1, 0.15) is 5.54 Å². The van der Waals surface area contributed by atoms with Gasteiger partial charge in [-0.25, -0.2) is 0 Å². The van der Waals surface area contributed by atoms with Gasteiger partial charge in [-0.2, -0.15) is 5.26 Å². The Hall–Kier alpha value is -1.04. The van der Waals surface area contributed by atoms with Crippen LogP contribution in [0.3, 0.4) is 0 Å². The Morgan fingerprint density at radius 1 is 1.62 bits per heavy atom. The molecule has 0 spiro atoms. The summed E-state index contributed by atoms with van der Waals surface area (Å²) in [6.07, 6.45) is 1.86. The van der Waals surface area contributed by atoms with E-state index in [1.807, 2.05) is 19.9 Å². The number of nitrogens with one attached hydrogen (secondary N) is 1. The summed E-state index contributed by atoms with van der Waals surface area (Å²) < 4.78 is 0. The van der Waals surface area contributed by atoms with Crippen molar-refractivity contribution in [3.63, 3.8) is 0 Å². The van der Waals surface area contributed by atoms with Gasteiger partial charge in [-0.05, 0) is 20.3 Å². The second kappa shape index (κ2) is 4.86. The largest absolute Gasteiger partial charge is 0.338 e. The van der Waals surface area contributed by atoms with Crippen LogP contribution in [0.1, 0.15) is 40.5 Å². The molecule has 3 nitrogen and oxygen atoms in total. The topological polar surface area (TPSA) is 52.9 Å². The molecule has 0 bridgehead atoms. The molecular formula is C10H18N2O. The van der Waals surface area contributed by atoms with Crippen LogP contribution in [0.25, 0.3) is 0 Å². The Morgan fingerprint density at radius 3 is 2.54 bits per heavy atom. The fourth-order valence-electron chi connectivity index (χ4n) is 1.02. The maximum atomic E-state index is 11.4. The quantitative estimate of drug-likeness (QED) is 0.721. The SMILES string of the molecule is CCCC(C)C(=O)NC(C)(C)C#N. The maximum absolute atomic E-state index is 11.4. The third kappa shape index (κ3) is 4.51. The maximum Gasteiger partial charge on any atom is 0.224 e. The Kier molecular flexibility index (Phi) is 4.47. The molecular weight excluding hydrogens is 164 g/mol. The fourth-order valence-corrected chi connectivity index (χ4v) is 1.02. The molecule has 0 aromatic rings. The number of amides is 1. The van der Waals surface area contributed by atoms with E-state index in [0.29, 0.717) is 0 Å². The number of nitrogens with zero attached hydrogens (tertiary/aromatic N) is 1. The smallest absolute Gasteiger partial charge is 0.224 e. The standard InChI is InChI=1S/C10H18N2O/c1-5-6-8(2)9(13)12-10(3,4)7-11/h8H,5-6H2,1-4H3,(H,12,13). The molecule has 0 radical (unpaired) electrons. The minimum absolute atomic E-state index is 0.00220. The van der Waals surface area contributed by atoms with Gasteiger partial charge in [0, 0.05) is 5.92 Å². The first-order valence-electron chi connectivity index (χ1n) is 4.66. The van der Waals surface area contributed by atoms with Crippen molar-refractivity contribution in [1.29, 1.82) is 5.26 Å². The molecule has 0 aromatic carbocycles. The predicted octanol–water partition coefficient (Wildman–Crippen LogP) is 1.84. The molecule has 3 heteroatoms. The summed E-state index contributed by atoms with van der Waals surface area (Å²) in [5.74, 6) is -0.0361. The molecule has 0 saturated heterocycles. The van der Waals surface area contributed by atoms with E-state index in [1.54, 1.807) is 13.8 Å². The zero-order chi connectivity index (χ0) is 10.5. The van der Waals surface area contributed by atoms with Crippen LogP contribution in [0.5, 0.6) is 0 Å². The number of carbonyl (C=O) groups is 1. The minimum Gasteiger partial charge on any atom is -0.338 e. The van der Waals surface area contributed by atoms with E-state index in [0.717, 1.165) is 12.8 Å². The lowest BCUT2D eigenvalue weighted by atomic mass is 10.0. The molecule has 0 fully saturated rings. The van der Waals surface area contributed by atoms with E-state index in [-0.39, 0.29) is 11.8 Å². The van der Waals surface area contributed by atoms with Crippen molar-refractivity contribution in [3.05, 3.63) is 0 Å². The van der Waals surface area contributed by atoms with Crippen LogP contribution in [-0.2, 0) is 4.79 Å². The highest BCUT2D eigenvalue weighted by Gasteiger charge is 2.22. The van der Waals surface area contributed by atoms with Crippen molar-refractivity contribution < 1.29 is 4.79 Å². The predicted molar refractivity (Wildman–Crippen MR) is 51.9 cm³/mol. The van der Waals surface area contributed by atoms with Gasteiger partial charge in [0.05, 0.1) is 6.07 Å². The lowest BCUT2D eigenvalue weighted by Gasteiger charge is -2.20. The first-order chi connectivity index (χ1) is 5.93. The molecule has 1 amide bonds. The third-order valence-electron chi connectivity index (χ3n) is 1.88. The van der Waals surface area contributed by atoms with E-state index in [1.165, 1.54) is 0 Å². The molecule has 0 aliphatic heterocycles. The van der Waals surface area contributed by atoms with Gasteiger partial charge in [-0.3, -0.25) is 4.79 Å². The number of rotatable bonds is 4. The van der Waals surface area contributed by atoms with Crippen LogP contribution in [0.4, 0.5) is 0 Å². The summed E-state index contributed by atoms with van der Waals surface area (Å²) in [7, 11) is 0. The zero-order valence-corrected chi connectivity index (χ0v) is 8.85. The van der Waals surface area contributed by atoms with Crippen LogP contribution >= 0.6 is 0 Å². The van der Waals surface area contributed by atoms with Crippen molar-refractivity contribution >= 4 is 5.91 Å². The minimum atomic E-state index is -0.751. The van der Waals surface area contributed by atoms with Gasteiger partial charge < -0.3 is 5.32 Å². The molecule has 0 aliphatic carbocycles. The molecule has 0 rings (SSSR count). The van der Waals surface area contributed by atoms with Crippen LogP contribution in [0.15, 0.2) is 0 Å². The Morgan fingerprint density at radius 2 is 2.15 bits per heavy atom. The molecule has 1 atom stereocenters. The van der Waals surface area contributed by atoms with Gasteiger partial charge in [-0.1, -0.05) is 20.3 Å². The summed E-state index contributed by atoms with van der Waals surface area (Å²) in [5, 5.41) is 11.4. The average Bonchev–Trinajstić information content (AvgIpc) is 2.04. The number of nitriles is 1. The van der Waals surface area contributed by atoms with Crippen molar-refractivity contribution in [3.8, 4) is 6.07 Å². The Balaban J connectivity index is 4.09. The van der Waals surface area contributed by atoms with Crippen molar-refractivity contribution in [1.82, 2.24) is 5.32 Å². The molecule has 74 valence electrons. The normalized spacial score (nSPS) is 13.2. The fraction of sp³-hybridized carbons (Fsp3) is 0.800. The van der Waals surface area contributed by atoms with Crippen LogP contribution < -0.4 is 5.32 Å². The highest BCUT2D eigenvalue weighted by atomic mass is 16.2. The molecule has 0 aliphatic rings. The molecule has 0 saturated carbocycles. The first kappa shape index (κ1) is 12.0. The second-order valence-corrected chi connectivity index (χ2v) is 3.92. The van der Waals surface area contributed by atoms with Gasteiger partial charge in [0.25, 0.3) is 0 Å². The summed E-state index contributed by atoms with van der Waals surface area (Å²) in [4.78, 5) is 11.4. The zero-order valence-electron chi connectivity index (χ0n) is 8.85. The van der Waals surface area contributed by atoms with E-state index in [9.17, 15) is 4.79 Å². The summed E-state index contributed by atoms with van der Waals surface area (Å²) in [6.45, 7) is 7.32. The lowest BCUT2D eigenvalue weighted by molar-refractivity contribution is -0.125. The highest BCUT2D eigenvalue weighted by molar-refractivity contribution is 5.79. The van der Waals surface area contributed by atoms with Crippen LogP contribution in [-0.4, -0.2) is 11.4 Å². The summed E-state index contributed by atoms with van der Waals surface area (Å²) in [5.41, 5.74) is -0.751. The van der Waals surface area contributed by atoms with E-state index >= 15 is 0 Å². The number of hydrogen-bond donors (Lipinski definition) is 1. The summed E-state index contributed by atoms with van der Waals surface area (Å²) in [6, 6.07) is 2.04. The van der Waals surface area contributed by atoms with Crippen molar-refractivity contribution in [2.24, 2.45) is 5.92 Å². The molecule has 1 unspecified atom stereocenters. The molecule has 1 N–H and O–H groups in total. The van der Waals surface area contributed by atoms with Gasteiger partial charge >= 0.3 is 0 Å². The van der Waals surface area contributed by atoms with Gasteiger partial charge in [0.15, 0.2) is 0 Å². The van der Waals surface area contributed by atoms with Gasteiger partial charge in [0.2, 0.25) is 5.91 Å². The average molecular weight is 182 g/mol. The molecule has 0 heterocycles. The third-order valence-corrected chi connectivity index (χ3v) is 1.88. The Labute approximate surface area is 80.1 Å². The first-order valence-corrected chi connectivity index (χ1v) is 4.66. The van der Waals surface area contributed by atoms with Crippen LogP contribution in [0, 0.1) is 17.2 Å². The molecule has 0 aromatic heterocycles. The second-order valence-electron chi connectivity index (χ2n) is 3.92. The van der Waals surface area contributed by atoms with Crippen molar-refractivity contribution in [2.75, 3.05) is 0 Å². The van der Waals surface area contributed by atoms with Crippen LogP contribution in [0.2, 0.25) is 0 Å². The highest BCUT2D eigenvalue weighted by Crippen LogP contribution is 2.07. The number of hydrogen-bond acceptors (Lipinski definition) is 2. The molecule has 13 heavy (non-hydrogen) atoms. The summed E-state index contributed by atoms with van der Waals surface area (Å²) >= 11 is 0. The van der Waals surface area contributed by atoms with Crippen molar-refractivity contribution in [2.45, 2.75) is 46.1 Å². The van der Waals surface area contributed by atoms with E-state index in [4.69, 9.17) is 5.26 Å². The van der Waals surface area contributed by atoms with E-state index < -0.39 is 5.54 Å². The monoisotopic (exact) mass is 182 g/mol. The van der Waals surface area contributed by atoms with E-state index in [2.05, 4.69) is 5.32 Å². The Bertz CT molecular complexity index is 215. The lowest BCUT2D eigenvalue weighted by Crippen LogP contribution is -2.44. The number of carbonyl (C=O) groups excluding carboxylic acids is 1.